The molecule has 0 atom stereocenters. The number of hydrogen-bond acceptors (Lipinski definition) is 6. The van der Waals surface area contributed by atoms with Crippen molar-refractivity contribution >= 4 is 34.4 Å². The van der Waals surface area contributed by atoms with E-state index in [4.69, 9.17) is 22.3 Å². The van der Waals surface area contributed by atoms with Crippen molar-refractivity contribution < 1.29 is 4.39 Å². The molecule has 1 aliphatic rings. The molecule has 1 fully saturated rings. The summed E-state index contributed by atoms with van der Waals surface area (Å²) in [7, 11) is 0. The van der Waals surface area contributed by atoms with Gasteiger partial charge in [-0.2, -0.15) is 4.98 Å². The van der Waals surface area contributed by atoms with Gasteiger partial charge in [-0.05, 0) is 56.3 Å². The van der Waals surface area contributed by atoms with E-state index in [1.807, 2.05) is 18.2 Å². The zero-order chi connectivity index (χ0) is 22.1. The Kier molecular flexibility index (Phi) is 5.63. The number of nitrogens with two attached hydrogens (primary N) is 1. The van der Waals surface area contributed by atoms with E-state index in [1.54, 1.807) is 18.2 Å². The number of aromatic nitrogens is 4. The summed E-state index contributed by atoms with van der Waals surface area (Å²) in [6, 6.07) is 13.5. The van der Waals surface area contributed by atoms with Crippen molar-refractivity contribution in [3.63, 3.8) is 0 Å². The minimum absolute atomic E-state index is 0.337. The Hall–Kier alpha value is -3.23. The lowest BCUT2D eigenvalue weighted by Crippen LogP contribution is -2.26. The molecule has 0 aliphatic carbocycles. The summed E-state index contributed by atoms with van der Waals surface area (Å²) in [5.74, 6) is 0.437. The first kappa shape index (κ1) is 20.7. The molecule has 2 aromatic carbocycles. The predicted octanol–water partition coefficient (Wildman–Crippen LogP) is 4.36. The number of nitrogens with zero attached hydrogens (tertiary/aromatic N) is 5. The van der Waals surface area contributed by atoms with E-state index < -0.39 is 0 Å². The number of anilines is 2. The number of halogens is 2. The van der Waals surface area contributed by atoms with Gasteiger partial charge >= 0.3 is 0 Å². The quantitative estimate of drug-likeness (QED) is 0.453. The van der Waals surface area contributed by atoms with Crippen LogP contribution in [0.4, 0.5) is 16.2 Å². The van der Waals surface area contributed by atoms with Gasteiger partial charge in [0, 0.05) is 23.7 Å². The van der Waals surface area contributed by atoms with Crippen LogP contribution in [-0.4, -0.2) is 50.8 Å². The van der Waals surface area contributed by atoms with Crippen LogP contribution >= 0.6 is 11.6 Å². The fraction of sp³-hybridized carbons (Fsp3) is 0.261. The molecule has 7 nitrogen and oxygen atoms in total. The number of nitrogens with one attached hydrogen (secondary N) is 1. The van der Waals surface area contributed by atoms with Crippen molar-refractivity contribution in [1.29, 1.82) is 0 Å². The highest BCUT2D eigenvalue weighted by atomic mass is 35.5. The number of rotatable bonds is 6. The molecule has 4 aromatic rings. The van der Waals surface area contributed by atoms with Gasteiger partial charge in [-0.25, -0.2) is 14.1 Å². The third-order valence-electron chi connectivity index (χ3n) is 5.63. The third kappa shape index (κ3) is 4.11. The first-order valence-electron chi connectivity index (χ1n) is 10.6. The molecule has 3 heterocycles. The molecular formula is C23H23ClFN7. The second-order valence-corrected chi connectivity index (χ2v) is 8.29. The normalized spacial score (nSPS) is 14.3. The summed E-state index contributed by atoms with van der Waals surface area (Å²) in [5.41, 5.74) is 8.84. The molecule has 0 saturated carbocycles. The lowest BCUT2D eigenvalue weighted by molar-refractivity contribution is 0.352. The van der Waals surface area contributed by atoms with Crippen LogP contribution < -0.4 is 11.1 Å². The first-order chi connectivity index (χ1) is 15.6. The molecule has 164 valence electrons. The van der Waals surface area contributed by atoms with E-state index >= 15 is 0 Å². The Balaban J connectivity index is 1.58. The summed E-state index contributed by atoms with van der Waals surface area (Å²) in [6.45, 7) is 3.90. The molecule has 3 N–H and O–H groups in total. The van der Waals surface area contributed by atoms with Crippen molar-refractivity contribution in [2.24, 2.45) is 0 Å². The second kappa shape index (κ2) is 8.72. The maximum Gasteiger partial charge on any atom is 0.225 e. The average molecular weight is 452 g/mol. The van der Waals surface area contributed by atoms with Crippen molar-refractivity contribution in [2.45, 2.75) is 12.8 Å². The van der Waals surface area contributed by atoms with Crippen LogP contribution in [0.25, 0.3) is 28.0 Å². The van der Waals surface area contributed by atoms with Gasteiger partial charge in [0.25, 0.3) is 0 Å². The lowest BCUT2D eigenvalue weighted by atomic mass is 10.1. The van der Waals surface area contributed by atoms with Crippen LogP contribution in [0.1, 0.15) is 12.8 Å². The van der Waals surface area contributed by atoms with Gasteiger partial charge in [0.2, 0.25) is 5.95 Å². The molecule has 0 unspecified atom stereocenters. The van der Waals surface area contributed by atoms with Crippen molar-refractivity contribution in [1.82, 2.24) is 24.6 Å². The standard InChI is InChI=1S/C23H23ClFN7/c24-16-6-3-5-15(13-16)20-19-21(26)32(18-8-4-7-17(25)14-18)30-22(19)29-23(28-20)27-9-12-31-10-1-2-11-31/h3-8,13-14H,1-2,9-12,26H2,(H,27,29,30). The van der Waals surface area contributed by atoms with E-state index in [2.05, 4.69) is 20.3 Å². The van der Waals surface area contributed by atoms with Gasteiger partial charge in [0.05, 0.1) is 16.8 Å². The first-order valence-corrected chi connectivity index (χ1v) is 11.0. The molecule has 5 rings (SSSR count). The topological polar surface area (TPSA) is 84.9 Å². The summed E-state index contributed by atoms with van der Waals surface area (Å²) in [4.78, 5) is 11.8. The minimum atomic E-state index is -0.369. The fourth-order valence-corrected chi connectivity index (χ4v) is 4.26. The number of nitrogen functional groups attached to an aromatic ring is 1. The molecule has 32 heavy (non-hydrogen) atoms. The van der Waals surface area contributed by atoms with Gasteiger partial charge < -0.3 is 16.0 Å². The lowest BCUT2D eigenvalue weighted by Gasteiger charge is -2.15. The van der Waals surface area contributed by atoms with Crippen LogP contribution in [0.2, 0.25) is 5.02 Å². The number of likely N-dealkylation sites (tertiary alicyclic amines) is 1. The highest BCUT2D eigenvalue weighted by Crippen LogP contribution is 2.33. The summed E-state index contributed by atoms with van der Waals surface area (Å²) in [5, 5.41) is 9.08. The third-order valence-corrected chi connectivity index (χ3v) is 5.86. The zero-order valence-corrected chi connectivity index (χ0v) is 18.2. The summed E-state index contributed by atoms with van der Waals surface area (Å²) < 4.78 is 15.3. The van der Waals surface area contributed by atoms with Gasteiger partial charge in [0.15, 0.2) is 5.65 Å². The Bertz CT molecular complexity index is 1270. The highest BCUT2D eigenvalue weighted by molar-refractivity contribution is 6.30. The van der Waals surface area contributed by atoms with Crippen molar-refractivity contribution in [3.8, 4) is 16.9 Å². The van der Waals surface area contributed by atoms with E-state index in [1.165, 1.54) is 29.7 Å². The molecule has 1 aliphatic heterocycles. The molecule has 0 spiro atoms. The number of fused-ring (bicyclic) bond motifs is 1. The minimum Gasteiger partial charge on any atom is -0.383 e. The monoisotopic (exact) mass is 451 g/mol. The number of benzene rings is 2. The SMILES string of the molecule is Nc1c2c(-c3cccc(Cl)c3)nc(NCCN3CCCC3)nc2nn1-c1cccc(F)c1. The molecule has 2 aromatic heterocycles. The molecule has 0 radical (unpaired) electrons. The molecule has 9 heteroatoms. The average Bonchev–Trinajstić information content (AvgIpc) is 3.41. The van der Waals surface area contributed by atoms with Crippen LogP contribution in [0.3, 0.4) is 0 Å². The largest absolute Gasteiger partial charge is 0.383 e. The van der Waals surface area contributed by atoms with Crippen LogP contribution in [0, 0.1) is 5.82 Å². The van der Waals surface area contributed by atoms with Crippen molar-refractivity contribution in [2.75, 3.05) is 37.2 Å². The van der Waals surface area contributed by atoms with Gasteiger partial charge in [0.1, 0.15) is 11.6 Å². The van der Waals surface area contributed by atoms with Crippen LogP contribution in [0.15, 0.2) is 48.5 Å². The Morgan fingerprint density at radius 1 is 1.06 bits per heavy atom. The van der Waals surface area contributed by atoms with E-state index in [0.29, 0.717) is 39.2 Å². The Morgan fingerprint density at radius 2 is 1.88 bits per heavy atom. The zero-order valence-electron chi connectivity index (χ0n) is 17.4. The number of hydrogen-bond donors (Lipinski definition) is 2. The van der Waals surface area contributed by atoms with E-state index in [-0.39, 0.29) is 5.82 Å². The Morgan fingerprint density at radius 3 is 2.66 bits per heavy atom. The summed E-state index contributed by atoms with van der Waals surface area (Å²) >= 11 is 6.24. The maximum atomic E-state index is 13.8. The smallest absolute Gasteiger partial charge is 0.225 e. The fourth-order valence-electron chi connectivity index (χ4n) is 4.07. The Labute approximate surface area is 190 Å². The predicted molar refractivity (Wildman–Crippen MR) is 126 cm³/mol. The molecule has 0 amide bonds. The molecule has 0 bridgehead atoms. The highest BCUT2D eigenvalue weighted by Gasteiger charge is 2.20. The van der Waals surface area contributed by atoms with Crippen LogP contribution in [0.5, 0.6) is 0 Å². The van der Waals surface area contributed by atoms with E-state index in [9.17, 15) is 4.39 Å². The van der Waals surface area contributed by atoms with Crippen LogP contribution in [-0.2, 0) is 0 Å². The summed E-state index contributed by atoms with van der Waals surface area (Å²) in [6.07, 6.45) is 2.50. The van der Waals surface area contributed by atoms with Gasteiger partial charge in [-0.15, -0.1) is 5.10 Å². The van der Waals surface area contributed by atoms with Gasteiger partial charge in [-0.1, -0.05) is 29.8 Å². The van der Waals surface area contributed by atoms with Gasteiger partial charge in [-0.3, -0.25) is 0 Å². The maximum absolute atomic E-state index is 13.8. The molecular weight excluding hydrogens is 429 g/mol. The van der Waals surface area contributed by atoms with Crippen molar-refractivity contribution in [3.05, 3.63) is 59.4 Å². The van der Waals surface area contributed by atoms with E-state index in [0.717, 1.165) is 31.7 Å². The molecule has 1 saturated heterocycles. The second-order valence-electron chi connectivity index (χ2n) is 7.86.